The summed E-state index contributed by atoms with van der Waals surface area (Å²) >= 11 is 12.3. The van der Waals surface area contributed by atoms with E-state index in [9.17, 15) is 0 Å². The maximum atomic E-state index is 6.22. The van der Waals surface area contributed by atoms with Crippen molar-refractivity contribution in [2.75, 3.05) is 30.4 Å². The summed E-state index contributed by atoms with van der Waals surface area (Å²) in [5, 5.41) is 4.34. The number of nitrogens with zero attached hydrogens (tertiary/aromatic N) is 2. The van der Waals surface area contributed by atoms with E-state index in [1.807, 2.05) is 14.0 Å². The molecule has 0 spiro atoms. The second-order valence-electron chi connectivity index (χ2n) is 4.83. The monoisotopic (exact) mass is 287 g/mol. The van der Waals surface area contributed by atoms with Crippen LogP contribution in [0.3, 0.4) is 0 Å². The van der Waals surface area contributed by atoms with Gasteiger partial charge in [0.25, 0.3) is 0 Å². The fourth-order valence-corrected chi connectivity index (χ4v) is 2.73. The number of halogens is 2. The summed E-state index contributed by atoms with van der Waals surface area (Å²) in [6, 6.07) is 1.76. The number of rotatable bonds is 5. The Kier molecular flexibility index (Phi) is 4.57. The molecule has 1 aliphatic carbocycles. The first kappa shape index (κ1) is 13.8. The molecule has 0 aromatic carbocycles. The number of pyridine rings is 1. The van der Waals surface area contributed by atoms with Crippen molar-refractivity contribution < 1.29 is 0 Å². The highest BCUT2D eigenvalue weighted by atomic mass is 35.5. The van der Waals surface area contributed by atoms with Gasteiger partial charge in [0.1, 0.15) is 11.6 Å². The Morgan fingerprint density at radius 1 is 1.39 bits per heavy atom. The van der Waals surface area contributed by atoms with Crippen molar-refractivity contribution in [2.45, 2.75) is 26.2 Å². The lowest BCUT2D eigenvalue weighted by atomic mass is 9.85. The highest BCUT2D eigenvalue weighted by Gasteiger charge is 2.21. The average Bonchev–Trinajstić information content (AvgIpc) is 2.27. The zero-order valence-corrected chi connectivity index (χ0v) is 12.4. The molecule has 0 bridgehead atoms. The molecular weight excluding hydrogens is 269 g/mol. The van der Waals surface area contributed by atoms with Crippen LogP contribution in [-0.2, 0) is 0 Å². The number of hydrogen-bond donors (Lipinski definition) is 1. The molecule has 3 nitrogen and oxygen atoms in total. The molecule has 0 unspecified atom stereocenters. The van der Waals surface area contributed by atoms with Gasteiger partial charge < -0.3 is 10.2 Å². The van der Waals surface area contributed by atoms with Gasteiger partial charge in [0.05, 0.1) is 10.0 Å². The summed E-state index contributed by atoms with van der Waals surface area (Å²) in [6.07, 6.45) is 3.98. The van der Waals surface area contributed by atoms with Crippen LogP contribution < -0.4 is 10.2 Å². The lowest BCUT2D eigenvalue weighted by Gasteiger charge is -2.31. The summed E-state index contributed by atoms with van der Waals surface area (Å²) in [6.45, 7) is 3.82. The van der Waals surface area contributed by atoms with Gasteiger partial charge >= 0.3 is 0 Å². The SMILES string of the molecule is CCNc1nc(N(C)CC2CCC2)c(Cl)cc1Cl. The average molecular weight is 288 g/mol. The quantitative estimate of drug-likeness (QED) is 0.885. The van der Waals surface area contributed by atoms with E-state index in [4.69, 9.17) is 23.2 Å². The van der Waals surface area contributed by atoms with E-state index in [1.54, 1.807) is 6.07 Å². The highest BCUT2D eigenvalue weighted by Crippen LogP contribution is 2.33. The predicted octanol–water partition coefficient (Wildman–Crippen LogP) is 4.06. The molecule has 1 N–H and O–H groups in total. The predicted molar refractivity (Wildman–Crippen MR) is 79.0 cm³/mol. The summed E-state index contributed by atoms with van der Waals surface area (Å²) < 4.78 is 0. The highest BCUT2D eigenvalue weighted by molar-refractivity contribution is 6.37. The minimum Gasteiger partial charge on any atom is -0.369 e. The van der Waals surface area contributed by atoms with Crippen LogP contribution in [0.1, 0.15) is 26.2 Å². The lowest BCUT2D eigenvalue weighted by Crippen LogP contribution is -2.30. The van der Waals surface area contributed by atoms with Crippen LogP contribution in [0.4, 0.5) is 11.6 Å². The molecular formula is C13H19Cl2N3. The molecule has 1 fully saturated rings. The van der Waals surface area contributed by atoms with Gasteiger partial charge in [-0.1, -0.05) is 29.6 Å². The van der Waals surface area contributed by atoms with Gasteiger partial charge in [-0.05, 0) is 31.7 Å². The number of nitrogens with one attached hydrogen (secondary N) is 1. The Balaban J connectivity index is 2.16. The third kappa shape index (κ3) is 3.01. The number of aromatic nitrogens is 1. The van der Waals surface area contributed by atoms with Crippen molar-refractivity contribution in [3.8, 4) is 0 Å². The molecule has 0 saturated heterocycles. The molecule has 1 saturated carbocycles. The minimum atomic E-state index is 0.572. The fraction of sp³-hybridized carbons (Fsp3) is 0.615. The van der Waals surface area contributed by atoms with E-state index in [0.717, 1.165) is 24.8 Å². The zero-order valence-electron chi connectivity index (χ0n) is 10.8. The Morgan fingerprint density at radius 3 is 2.67 bits per heavy atom. The van der Waals surface area contributed by atoms with E-state index in [0.29, 0.717) is 15.9 Å². The normalized spacial score (nSPS) is 15.3. The molecule has 2 rings (SSSR count). The second-order valence-corrected chi connectivity index (χ2v) is 5.65. The first-order valence-electron chi connectivity index (χ1n) is 6.42. The van der Waals surface area contributed by atoms with E-state index < -0.39 is 0 Å². The van der Waals surface area contributed by atoms with Crippen LogP contribution in [0.25, 0.3) is 0 Å². The van der Waals surface area contributed by atoms with E-state index >= 15 is 0 Å². The second kappa shape index (κ2) is 5.98. The minimum absolute atomic E-state index is 0.572. The molecule has 0 amide bonds. The Hall–Kier alpha value is -0.670. The third-order valence-electron chi connectivity index (χ3n) is 3.37. The van der Waals surface area contributed by atoms with Crippen LogP contribution >= 0.6 is 23.2 Å². The van der Waals surface area contributed by atoms with Crippen molar-refractivity contribution in [3.05, 3.63) is 16.1 Å². The van der Waals surface area contributed by atoms with Crippen molar-refractivity contribution in [1.29, 1.82) is 0 Å². The van der Waals surface area contributed by atoms with E-state index in [2.05, 4.69) is 15.2 Å². The summed E-state index contributed by atoms with van der Waals surface area (Å²) in [4.78, 5) is 6.65. The summed E-state index contributed by atoms with van der Waals surface area (Å²) in [5.41, 5.74) is 0. The Labute approximate surface area is 118 Å². The number of anilines is 2. The topological polar surface area (TPSA) is 28.2 Å². The maximum Gasteiger partial charge on any atom is 0.149 e. The van der Waals surface area contributed by atoms with E-state index in [-0.39, 0.29) is 0 Å². The Morgan fingerprint density at radius 2 is 2.11 bits per heavy atom. The maximum absolute atomic E-state index is 6.22. The standard InChI is InChI=1S/C13H19Cl2N3/c1-3-16-12-10(14)7-11(15)13(17-12)18(2)8-9-5-4-6-9/h7,9H,3-6,8H2,1-2H3,(H,16,17). The largest absolute Gasteiger partial charge is 0.369 e. The fourth-order valence-electron chi connectivity index (χ4n) is 2.17. The molecule has 1 heterocycles. The molecule has 18 heavy (non-hydrogen) atoms. The van der Waals surface area contributed by atoms with Crippen LogP contribution in [0.5, 0.6) is 0 Å². The van der Waals surface area contributed by atoms with Crippen LogP contribution in [0.2, 0.25) is 10.0 Å². The van der Waals surface area contributed by atoms with Crippen molar-refractivity contribution in [3.63, 3.8) is 0 Å². The van der Waals surface area contributed by atoms with Crippen LogP contribution in [-0.4, -0.2) is 25.1 Å². The van der Waals surface area contributed by atoms with Crippen molar-refractivity contribution in [2.24, 2.45) is 5.92 Å². The molecule has 1 aromatic rings. The van der Waals surface area contributed by atoms with Gasteiger partial charge in [0, 0.05) is 20.1 Å². The van der Waals surface area contributed by atoms with Gasteiger partial charge in [-0.2, -0.15) is 0 Å². The molecule has 1 aliphatic rings. The Bertz CT molecular complexity index is 419. The lowest BCUT2D eigenvalue weighted by molar-refractivity contribution is 0.321. The molecule has 0 atom stereocenters. The van der Waals surface area contributed by atoms with Gasteiger partial charge in [-0.3, -0.25) is 0 Å². The molecule has 0 radical (unpaired) electrons. The van der Waals surface area contributed by atoms with Crippen molar-refractivity contribution >= 4 is 34.8 Å². The van der Waals surface area contributed by atoms with Gasteiger partial charge in [0.15, 0.2) is 0 Å². The first-order valence-corrected chi connectivity index (χ1v) is 7.18. The molecule has 1 aromatic heterocycles. The smallest absolute Gasteiger partial charge is 0.149 e. The zero-order chi connectivity index (χ0) is 13.1. The van der Waals surface area contributed by atoms with E-state index in [1.165, 1.54) is 19.3 Å². The van der Waals surface area contributed by atoms with Crippen LogP contribution in [0.15, 0.2) is 6.07 Å². The van der Waals surface area contributed by atoms with Gasteiger partial charge in [-0.15, -0.1) is 0 Å². The number of hydrogen-bond acceptors (Lipinski definition) is 3. The molecule has 0 aliphatic heterocycles. The first-order chi connectivity index (χ1) is 8.61. The van der Waals surface area contributed by atoms with Gasteiger partial charge in [-0.25, -0.2) is 4.98 Å². The summed E-state index contributed by atoms with van der Waals surface area (Å²) in [7, 11) is 2.04. The van der Waals surface area contributed by atoms with Crippen molar-refractivity contribution in [1.82, 2.24) is 4.98 Å². The summed E-state index contributed by atoms with van der Waals surface area (Å²) in [5.74, 6) is 2.30. The van der Waals surface area contributed by atoms with Crippen LogP contribution in [0, 0.1) is 5.92 Å². The third-order valence-corrected chi connectivity index (χ3v) is 3.94. The molecule has 5 heteroatoms. The van der Waals surface area contributed by atoms with Gasteiger partial charge in [0.2, 0.25) is 0 Å². The molecule has 100 valence electrons.